The number of aliphatic hydroxyl groups is 1. The molecule has 5 nitrogen and oxygen atoms in total. The average molecular weight is 422 g/mol. The fourth-order valence-corrected chi connectivity index (χ4v) is 4.03. The SMILES string of the molecule is CCCN1C(=O)C(=O)/C(=C(\O)c2ccc(OCC)c(C)c2)C1c1ccc(C(C)C)cc1. The van der Waals surface area contributed by atoms with Crippen LogP contribution in [0.5, 0.6) is 5.75 Å². The first-order valence-electron chi connectivity index (χ1n) is 10.9. The lowest BCUT2D eigenvalue weighted by Crippen LogP contribution is -2.30. The lowest BCUT2D eigenvalue weighted by molar-refractivity contribution is -0.139. The standard InChI is InChI=1S/C26H31NO4/c1-6-14-27-23(19-10-8-18(9-11-19)16(3)4)22(25(29)26(27)30)24(28)20-12-13-21(31-7-2)17(5)15-20/h8-13,15-16,23,28H,6-7,14H2,1-5H3/b24-22-. The third-order valence-corrected chi connectivity index (χ3v) is 5.67. The number of benzene rings is 2. The Kier molecular flexibility index (Phi) is 6.84. The van der Waals surface area contributed by atoms with Gasteiger partial charge in [0.2, 0.25) is 0 Å². The maximum Gasteiger partial charge on any atom is 0.295 e. The summed E-state index contributed by atoms with van der Waals surface area (Å²) >= 11 is 0. The van der Waals surface area contributed by atoms with Crippen molar-refractivity contribution in [2.75, 3.05) is 13.2 Å². The highest BCUT2D eigenvalue weighted by Gasteiger charge is 2.45. The summed E-state index contributed by atoms with van der Waals surface area (Å²) in [6.45, 7) is 11.0. The van der Waals surface area contributed by atoms with Crippen LogP contribution >= 0.6 is 0 Å². The van der Waals surface area contributed by atoms with E-state index in [0.29, 0.717) is 24.6 Å². The van der Waals surface area contributed by atoms with E-state index in [0.717, 1.165) is 23.3 Å². The Bertz CT molecular complexity index is 1000. The van der Waals surface area contributed by atoms with Crippen molar-refractivity contribution >= 4 is 17.4 Å². The van der Waals surface area contributed by atoms with Gasteiger partial charge in [-0.2, -0.15) is 0 Å². The van der Waals surface area contributed by atoms with Gasteiger partial charge in [-0.3, -0.25) is 9.59 Å². The number of nitrogens with zero attached hydrogens (tertiary/aromatic N) is 1. The molecule has 1 amide bonds. The Morgan fingerprint density at radius 2 is 1.77 bits per heavy atom. The van der Waals surface area contributed by atoms with Crippen LogP contribution < -0.4 is 4.74 Å². The van der Waals surface area contributed by atoms with Gasteiger partial charge in [-0.15, -0.1) is 0 Å². The number of carbonyl (C=O) groups excluding carboxylic acids is 2. The number of Topliss-reactive ketones (excluding diaryl/α,β-unsaturated/α-hetero) is 1. The van der Waals surface area contributed by atoms with Crippen LogP contribution in [-0.4, -0.2) is 34.8 Å². The predicted molar refractivity (Wildman–Crippen MR) is 122 cm³/mol. The molecule has 0 bridgehead atoms. The summed E-state index contributed by atoms with van der Waals surface area (Å²) in [5.41, 5.74) is 3.49. The number of amides is 1. The highest BCUT2D eigenvalue weighted by atomic mass is 16.5. The molecule has 1 atom stereocenters. The number of aliphatic hydroxyl groups excluding tert-OH is 1. The number of hydrogen-bond donors (Lipinski definition) is 1. The molecular formula is C26H31NO4. The molecule has 0 saturated carbocycles. The molecule has 3 rings (SSSR count). The van der Waals surface area contributed by atoms with Gasteiger partial charge in [-0.1, -0.05) is 45.0 Å². The summed E-state index contributed by atoms with van der Waals surface area (Å²) in [5, 5.41) is 11.2. The average Bonchev–Trinajstić information content (AvgIpc) is 3.00. The number of carbonyl (C=O) groups is 2. The van der Waals surface area contributed by atoms with Gasteiger partial charge >= 0.3 is 0 Å². The summed E-state index contributed by atoms with van der Waals surface area (Å²) in [4.78, 5) is 27.4. The molecule has 1 aliphatic rings. The highest BCUT2D eigenvalue weighted by Crippen LogP contribution is 2.40. The van der Waals surface area contributed by atoms with Gasteiger partial charge in [0.15, 0.2) is 0 Å². The molecule has 0 aliphatic carbocycles. The van der Waals surface area contributed by atoms with Gasteiger partial charge in [-0.05, 0) is 61.1 Å². The highest BCUT2D eigenvalue weighted by molar-refractivity contribution is 6.46. The minimum Gasteiger partial charge on any atom is -0.507 e. The largest absolute Gasteiger partial charge is 0.507 e. The van der Waals surface area contributed by atoms with Crippen molar-refractivity contribution in [2.24, 2.45) is 0 Å². The van der Waals surface area contributed by atoms with Crippen LogP contribution in [-0.2, 0) is 9.59 Å². The summed E-state index contributed by atoms with van der Waals surface area (Å²) < 4.78 is 5.58. The first-order chi connectivity index (χ1) is 14.8. The number of rotatable bonds is 7. The smallest absolute Gasteiger partial charge is 0.295 e. The van der Waals surface area contributed by atoms with E-state index in [1.165, 1.54) is 5.56 Å². The first kappa shape index (κ1) is 22.6. The third-order valence-electron chi connectivity index (χ3n) is 5.67. The Morgan fingerprint density at radius 3 is 2.32 bits per heavy atom. The quantitative estimate of drug-likeness (QED) is 0.372. The molecule has 5 heteroatoms. The fourth-order valence-electron chi connectivity index (χ4n) is 4.03. The molecule has 31 heavy (non-hydrogen) atoms. The monoisotopic (exact) mass is 421 g/mol. The van der Waals surface area contributed by atoms with Crippen LogP contribution in [0.15, 0.2) is 48.0 Å². The Hall–Kier alpha value is -3.08. The van der Waals surface area contributed by atoms with Crippen LogP contribution in [0.4, 0.5) is 0 Å². The van der Waals surface area contributed by atoms with E-state index in [9.17, 15) is 14.7 Å². The molecule has 2 aromatic rings. The van der Waals surface area contributed by atoms with E-state index in [1.807, 2.05) is 45.0 Å². The van der Waals surface area contributed by atoms with Crippen LogP contribution in [0.25, 0.3) is 5.76 Å². The normalized spacial score (nSPS) is 18.1. The molecule has 0 radical (unpaired) electrons. The molecule has 2 aromatic carbocycles. The second-order valence-electron chi connectivity index (χ2n) is 8.23. The van der Waals surface area contributed by atoms with Gasteiger partial charge in [0.25, 0.3) is 11.7 Å². The van der Waals surface area contributed by atoms with Crippen molar-refractivity contribution in [3.63, 3.8) is 0 Å². The maximum atomic E-state index is 13.0. The van der Waals surface area contributed by atoms with Crippen molar-refractivity contribution in [2.45, 2.75) is 53.0 Å². The molecule has 1 aliphatic heterocycles. The van der Waals surface area contributed by atoms with Crippen LogP contribution in [0, 0.1) is 6.92 Å². The van der Waals surface area contributed by atoms with E-state index in [2.05, 4.69) is 13.8 Å². The molecule has 1 N–H and O–H groups in total. The van der Waals surface area contributed by atoms with E-state index in [1.54, 1.807) is 23.1 Å². The summed E-state index contributed by atoms with van der Waals surface area (Å²) in [7, 11) is 0. The van der Waals surface area contributed by atoms with Crippen molar-refractivity contribution < 1.29 is 19.4 Å². The van der Waals surface area contributed by atoms with Gasteiger partial charge in [0.1, 0.15) is 11.5 Å². The molecule has 1 unspecified atom stereocenters. The van der Waals surface area contributed by atoms with Crippen molar-refractivity contribution in [1.82, 2.24) is 4.90 Å². The van der Waals surface area contributed by atoms with Gasteiger partial charge in [-0.25, -0.2) is 0 Å². The van der Waals surface area contributed by atoms with Crippen LogP contribution in [0.2, 0.25) is 0 Å². The van der Waals surface area contributed by atoms with E-state index in [-0.39, 0.29) is 11.3 Å². The van der Waals surface area contributed by atoms with Gasteiger partial charge in [0, 0.05) is 12.1 Å². The predicted octanol–water partition coefficient (Wildman–Crippen LogP) is 5.35. The minimum atomic E-state index is -0.643. The number of ketones is 1. The van der Waals surface area contributed by atoms with E-state index >= 15 is 0 Å². The maximum absolute atomic E-state index is 13.0. The summed E-state index contributed by atoms with van der Waals surface area (Å²) in [5.74, 6) is -0.255. The Balaban J connectivity index is 2.13. The van der Waals surface area contributed by atoms with Gasteiger partial charge in [0.05, 0.1) is 18.2 Å². The van der Waals surface area contributed by atoms with E-state index in [4.69, 9.17) is 4.74 Å². The summed E-state index contributed by atoms with van der Waals surface area (Å²) in [6, 6.07) is 12.6. The van der Waals surface area contributed by atoms with Crippen LogP contribution in [0.3, 0.4) is 0 Å². The lowest BCUT2D eigenvalue weighted by atomic mass is 9.93. The Morgan fingerprint density at radius 1 is 1.10 bits per heavy atom. The molecule has 1 saturated heterocycles. The zero-order valence-corrected chi connectivity index (χ0v) is 18.9. The zero-order valence-electron chi connectivity index (χ0n) is 18.9. The number of likely N-dealkylation sites (tertiary alicyclic amines) is 1. The van der Waals surface area contributed by atoms with Crippen molar-refractivity contribution in [1.29, 1.82) is 0 Å². The Labute approximate surface area is 184 Å². The first-order valence-corrected chi connectivity index (χ1v) is 10.9. The molecule has 1 fully saturated rings. The van der Waals surface area contributed by atoms with E-state index < -0.39 is 17.7 Å². The second kappa shape index (κ2) is 9.38. The molecule has 0 aromatic heterocycles. The molecule has 1 heterocycles. The number of aryl methyl sites for hydroxylation is 1. The van der Waals surface area contributed by atoms with Gasteiger partial charge < -0.3 is 14.7 Å². The molecule has 164 valence electrons. The third kappa shape index (κ3) is 4.36. The lowest BCUT2D eigenvalue weighted by Gasteiger charge is -2.25. The topological polar surface area (TPSA) is 66.8 Å². The minimum absolute atomic E-state index is 0.138. The second-order valence-corrected chi connectivity index (χ2v) is 8.23. The van der Waals surface area contributed by atoms with Crippen molar-refractivity contribution in [3.8, 4) is 5.75 Å². The number of ether oxygens (including phenoxy) is 1. The fraction of sp³-hybridized carbons (Fsp3) is 0.385. The van der Waals surface area contributed by atoms with Crippen molar-refractivity contribution in [3.05, 3.63) is 70.3 Å². The van der Waals surface area contributed by atoms with Crippen LogP contribution in [0.1, 0.15) is 68.3 Å². The molecule has 0 spiro atoms. The number of hydrogen-bond acceptors (Lipinski definition) is 4. The zero-order chi connectivity index (χ0) is 22.7. The summed E-state index contributed by atoms with van der Waals surface area (Å²) in [6.07, 6.45) is 0.718. The molecular weight excluding hydrogens is 390 g/mol.